The highest BCUT2D eigenvalue weighted by Crippen LogP contribution is 2.08. The minimum Gasteiger partial charge on any atom is -0.481 e. The zero-order valence-electron chi connectivity index (χ0n) is 8.96. The van der Waals surface area contributed by atoms with E-state index in [1.807, 2.05) is 0 Å². The summed E-state index contributed by atoms with van der Waals surface area (Å²) in [5.74, 6) is -2.25. The first-order valence-electron chi connectivity index (χ1n) is 4.81. The SMILES string of the molecule is CCOC(CC(=O)O)OC(CO)CC(=O)O. The van der Waals surface area contributed by atoms with Gasteiger partial charge in [0.2, 0.25) is 0 Å². The van der Waals surface area contributed by atoms with Crippen LogP contribution in [0.3, 0.4) is 0 Å². The van der Waals surface area contributed by atoms with Crippen LogP contribution in [0.4, 0.5) is 0 Å². The molecule has 0 radical (unpaired) electrons. The van der Waals surface area contributed by atoms with Gasteiger partial charge in [0, 0.05) is 6.61 Å². The first-order valence-corrected chi connectivity index (χ1v) is 4.81. The van der Waals surface area contributed by atoms with Crippen LogP contribution in [0.5, 0.6) is 0 Å². The van der Waals surface area contributed by atoms with Crippen LogP contribution in [0.25, 0.3) is 0 Å². The number of carboxylic acids is 2. The van der Waals surface area contributed by atoms with Gasteiger partial charge in [-0.25, -0.2) is 0 Å². The van der Waals surface area contributed by atoms with Gasteiger partial charge in [0.15, 0.2) is 6.29 Å². The summed E-state index contributed by atoms with van der Waals surface area (Å²) in [5, 5.41) is 25.9. The van der Waals surface area contributed by atoms with Crippen molar-refractivity contribution in [3.05, 3.63) is 0 Å². The van der Waals surface area contributed by atoms with E-state index in [0.29, 0.717) is 0 Å². The maximum Gasteiger partial charge on any atom is 0.308 e. The summed E-state index contributed by atoms with van der Waals surface area (Å²) in [6.07, 6.45) is -2.81. The molecule has 2 unspecified atom stereocenters. The lowest BCUT2D eigenvalue weighted by Crippen LogP contribution is -2.31. The molecule has 0 aliphatic carbocycles. The molecule has 7 nitrogen and oxygen atoms in total. The fourth-order valence-electron chi connectivity index (χ4n) is 1.04. The Balaban J connectivity index is 4.21. The highest BCUT2D eigenvalue weighted by Gasteiger charge is 2.21. The van der Waals surface area contributed by atoms with E-state index in [2.05, 4.69) is 0 Å². The summed E-state index contributed by atoms with van der Waals surface area (Å²) >= 11 is 0. The van der Waals surface area contributed by atoms with Gasteiger partial charge < -0.3 is 24.8 Å². The van der Waals surface area contributed by atoms with E-state index in [-0.39, 0.29) is 6.61 Å². The molecule has 0 aliphatic rings. The van der Waals surface area contributed by atoms with E-state index in [1.165, 1.54) is 0 Å². The second-order valence-corrected chi connectivity index (χ2v) is 3.02. The Kier molecular flexibility index (Phi) is 7.44. The molecule has 0 aromatic heterocycles. The predicted molar refractivity (Wildman–Crippen MR) is 51.9 cm³/mol. The second kappa shape index (κ2) is 8.03. The minimum atomic E-state index is -1.13. The third-order valence-electron chi connectivity index (χ3n) is 1.64. The van der Waals surface area contributed by atoms with Crippen LogP contribution < -0.4 is 0 Å². The molecule has 3 N–H and O–H groups in total. The maximum absolute atomic E-state index is 10.4. The number of hydrogen-bond donors (Lipinski definition) is 3. The molecule has 0 spiro atoms. The summed E-state index contributed by atoms with van der Waals surface area (Å²) in [7, 11) is 0. The lowest BCUT2D eigenvalue weighted by Gasteiger charge is -2.21. The third kappa shape index (κ3) is 7.16. The molecule has 0 aliphatic heterocycles. The number of carboxylic acid groups (broad SMARTS) is 2. The van der Waals surface area contributed by atoms with Crippen molar-refractivity contribution in [3.8, 4) is 0 Å². The van der Waals surface area contributed by atoms with Crippen molar-refractivity contribution in [1.29, 1.82) is 0 Å². The van der Waals surface area contributed by atoms with Crippen LogP contribution in [-0.2, 0) is 19.1 Å². The molecule has 0 aromatic rings. The summed E-state index contributed by atoms with van der Waals surface area (Å²) in [6.45, 7) is 1.39. The molecule has 0 aromatic carbocycles. The minimum absolute atomic E-state index is 0.239. The van der Waals surface area contributed by atoms with Gasteiger partial charge >= 0.3 is 11.9 Å². The Morgan fingerprint density at radius 2 is 1.75 bits per heavy atom. The molecule has 0 saturated carbocycles. The highest BCUT2D eigenvalue weighted by atomic mass is 16.7. The third-order valence-corrected chi connectivity index (χ3v) is 1.64. The van der Waals surface area contributed by atoms with Gasteiger partial charge in [-0.1, -0.05) is 0 Å². The van der Waals surface area contributed by atoms with Gasteiger partial charge in [-0.3, -0.25) is 9.59 Å². The number of hydrogen-bond acceptors (Lipinski definition) is 5. The van der Waals surface area contributed by atoms with E-state index in [9.17, 15) is 9.59 Å². The van der Waals surface area contributed by atoms with E-state index in [0.717, 1.165) is 0 Å². The molecular formula is C9H16O7. The van der Waals surface area contributed by atoms with E-state index >= 15 is 0 Å². The van der Waals surface area contributed by atoms with E-state index in [4.69, 9.17) is 24.8 Å². The maximum atomic E-state index is 10.4. The van der Waals surface area contributed by atoms with Crippen molar-refractivity contribution in [1.82, 2.24) is 0 Å². The molecule has 0 heterocycles. The van der Waals surface area contributed by atoms with Crippen molar-refractivity contribution in [2.45, 2.75) is 32.2 Å². The van der Waals surface area contributed by atoms with E-state index < -0.39 is 43.8 Å². The van der Waals surface area contributed by atoms with Gasteiger partial charge in [-0.15, -0.1) is 0 Å². The predicted octanol–water partition coefficient (Wildman–Crippen LogP) is -0.324. The van der Waals surface area contributed by atoms with Crippen molar-refractivity contribution in [3.63, 3.8) is 0 Å². The molecule has 16 heavy (non-hydrogen) atoms. The fourth-order valence-corrected chi connectivity index (χ4v) is 1.04. The molecule has 0 rings (SSSR count). The van der Waals surface area contributed by atoms with Crippen LogP contribution in [0.15, 0.2) is 0 Å². The zero-order chi connectivity index (χ0) is 12.6. The second-order valence-electron chi connectivity index (χ2n) is 3.02. The Bertz CT molecular complexity index is 228. The van der Waals surface area contributed by atoms with Crippen LogP contribution in [0.2, 0.25) is 0 Å². The number of ether oxygens (including phenoxy) is 2. The fraction of sp³-hybridized carbons (Fsp3) is 0.778. The molecule has 7 heteroatoms. The number of aliphatic carboxylic acids is 2. The number of carbonyl (C=O) groups is 2. The zero-order valence-corrected chi connectivity index (χ0v) is 8.96. The lowest BCUT2D eigenvalue weighted by atomic mass is 10.2. The monoisotopic (exact) mass is 236 g/mol. The molecule has 0 bridgehead atoms. The first-order chi connectivity index (χ1) is 7.49. The Hall–Kier alpha value is -1.18. The van der Waals surface area contributed by atoms with Crippen molar-refractivity contribution in [2.75, 3.05) is 13.2 Å². The van der Waals surface area contributed by atoms with Gasteiger partial charge in [-0.05, 0) is 6.92 Å². The summed E-state index contributed by atoms with van der Waals surface area (Å²) < 4.78 is 9.99. The molecule has 2 atom stereocenters. The number of aliphatic hydroxyl groups excluding tert-OH is 1. The summed E-state index contributed by atoms with van der Waals surface area (Å²) in [4.78, 5) is 20.8. The summed E-state index contributed by atoms with van der Waals surface area (Å²) in [6, 6.07) is 0. The molecule has 94 valence electrons. The van der Waals surface area contributed by atoms with Gasteiger partial charge in [-0.2, -0.15) is 0 Å². The lowest BCUT2D eigenvalue weighted by molar-refractivity contribution is -0.190. The van der Waals surface area contributed by atoms with Crippen molar-refractivity contribution >= 4 is 11.9 Å². The Morgan fingerprint density at radius 3 is 2.12 bits per heavy atom. The summed E-state index contributed by atoms with van der Waals surface area (Å²) in [5.41, 5.74) is 0. The quantitative estimate of drug-likeness (QED) is 0.470. The Labute approximate surface area is 92.6 Å². The topological polar surface area (TPSA) is 113 Å². The average molecular weight is 236 g/mol. The molecule has 0 saturated heterocycles. The largest absolute Gasteiger partial charge is 0.481 e. The van der Waals surface area contributed by atoms with Crippen molar-refractivity contribution < 1.29 is 34.4 Å². The van der Waals surface area contributed by atoms with Gasteiger partial charge in [0.1, 0.15) is 0 Å². The van der Waals surface area contributed by atoms with Crippen molar-refractivity contribution in [2.24, 2.45) is 0 Å². The number of aliphatic hydroxyl groups is 1. The normalized spacial score (nSPS) is 14.4. The van der Waals surface area contributed by atoms with Crippen LogP contribution in [-0.4, -0.2) is 52.9 Å². The van der Waals surface area contributed by atoms with Crippen LogP contribution in [0.1, 0.15) is 19.8 Å². The van der Waals surface area contributed by atoms with E-state index in [1.54, 1.807) is 6.92 Å². The number of rotatable bonds is 9. The molecular weight excluding hydrogens is 220 g/mol. The molecule has 0 fully saturated rings. The van der Waals surface area contributed by atoms with Gasteiger partial charge in [0.25, 0.3) is 0 Å². The molecule has 0 amide bonds. The Morgan fingerprint density at radius 1 is 1.19 bits per heavy atom. The highest BCUT2D eigenvalue weighted by molar-refractivity contribution is 5.67. The standard InChI is InChI=1S/C9H16O7/c1-2-15-9(4-8(13)14)16-6(5-10)3-7(11)12/h6,9-10H,2-5H2,1H3,(H,11,12)(H,13,14). The van der Waals surface area contributed by atoms with Crippen LogP contribution in [0, 0.1) is 0 Å². The smallest absolute Gasteiger partial charge is 0.308 e. The average Bonchev–Trinajstić information content (AvgIpc) is 2.15. The first kappa shape index (κ1) is 14.8. The van der Waals surface area contributed by atoms with Gasteiger partial charge in [0.05, 0.1) is 25.6 Å². The van der Waals surface area contributed by atoms with Crippen LogP contribution >= 0.6 is 0 Å².